The van der Waals surface area contributed by atoms with Crippen molar-refractivity contribution in [2.24, 2.45) is 0 Å². The average Bonchev–Trinajstić information content (AvgIpc) is 2.70. The molecule has 1 N–H and O–H groups in total. The second-order valence-electron chi connectivity index (χ2n) is 5.60. The van der Waals surface area contributed by atoms with Gasteiger partial charge in [0.25, 0.3) is 11.5 Å². The average molecular weight is 365 g/mol. The fourth-order valence-corrected chi connectivity index (χ4v) is 2.41. The van der Waals surface area contributed by atoms with E-state index >= 15 is 0 Å². The zero-order valence-electron chi connectivity index (χ0n) is 14.8. The number of nitrogens with zero attached hydrogens (tertiary/aromatic N) is 4. The summed E-state index contributed by atoms with van der Waals surface area (Å²) in [6.07, 6.45) is 6.26. The van der Waals surface area contributed by atoms with Gasteiger partial charge < -0.3 is 14.6 Å². The summed E-state index contributed by atoms with van der Waals surface area (Å²) in [5.74, 6) is 0.173. The van der Waals surface area contributed by atoms with E-state index in [1.807, 2.05) is 13.0 Å². The number of hydrogen-bond donors (Lipinski definition) is 1. The molecular formula is C19H19N5O3. The van der Waals surface area contributed by atoms with E-state index < -0.39 is 0 Å². The van der Waals surface area contributed by atoms with Crippen LogP contribution >= 0.6 is 0 Å². The van der Waals surface area contributed by atoms with Gasteiger partial charge in [0, 0.05) is 43.2 Å². The number of pyridine rings is 2. The minimum Gasteiger partial charge on any atom is -0.478 e. The van der Waals surface area contributed by atoms with Crippen molar-refractivity contribution in [3.63, 3.8) is 0 Å². The van der Waals surface area contributed by atoms with Crippen LogP contribution in [0.5, 0.6) is 5.88 Å². The maximum absolute atomic E-state index is 12.3. The summed E-state index contributed by atoms with van der Waals surface area (Å²) in [5, 5.41) is 2.74. The molecule has 138 valence electrons. The number of carbonyl (C=O) groups is 1. The lowest BCUT2D eigenvalue weighted by molar-refractivity contribution is 0.0947. The number of aromatic nitrogens is 4. The van der Waals surface area contributed by atoms with E-state index in [1.54, 1.807) is 36.8 Å². The Hall–Kier alpha value is -3.55. The third-order valence-corrected chi connectivity index (χ3v) is 3.73. The molecule has 8 heteroatoms. The van der Waals surface area contributed by atoms with Crippen molar-refractivity contribution in [2.45, 2.75) is 13.5 Å². The fraction of sp³-hybridized carbons (Fsp3) is 0.211. The minimum absolute atomic E-state index is 0.114. The van der Waals surface area contributed by atoms with Crippen molar-refractivity contribution in [3.05, 3.63) is 71.2 Å². The summed E-state index contributed by atoms with van der Waals surface area (Å²) in [5.41, 5.74) is 1.35. The Morgan fingerprint density at radius 2 is 2.07 bits per heavy atom. The SMILES string of the molecule is CCOc1ccc(-c2cncc(C(=O)NCCn3ccccc3=O)n2)cn1. The van der Waals surface area contributed by atoms with Crippen LogP contribution in [-0.2, 0) is 6.54 Å². The summed E-state index contributed by atoms with van der Waals surface area (Å²) in [7, 11) is 0. The molecule has 0 aliphatic rings. The highest BCUT2D eigenvalue weighted by Crippen LogP contribution is 2.17. The van der Waals surface area contributed by atoms with Crippen LogP contribution in [0.2, 0.25) is 0 Å². The lowest BCUT2D eigenvalue weighted by atomic mass is 10.2. The van der Waals surface area contributed by atoms with Gasteiger partial charge in [-0.1, -0.05) is 6.07 Å². The molecule has 3 aromatic rings. The normalized spacial score (nSPS) is 10.4. The smallest absolute Gasteiger partial charge is 0.271 e. The molecule has 0 atom stereocenters. The highest BCUT2D eigenvalue weighted by molar-refractivity contribution is 5.92. The first kappa shape index (κ1) is 18.2. The lowest BCUT2D eigenvalue weighted by Gasteiger charge is -2.08. The Bertz CT molecular complexity index is 969. The molecule has 3 rings (SSSR count). The van der Waals surface area contributed by atoms with Crippen molar-refractivity contribution in [3.8, 4) is 17.1 Å². The number of ether oxygens (including phenoxy) is 1. The maximum Gasteiger partial charge on any atom is 0.271 e. The van der Waals surface area contributed by atoms with Gasteiger partial charge in [0.2, 0.25) is 5.88 Å². The Morgan fingerprint density at radius 1 is 1.19 bits per heavy atom. The monoisotopic (exact) mass is 365 g/mol. The van der Waals surface area contributed by atoms with E-state index in [-0.39, 0.29) is 17.2 Å². The molecule has 0 aliphatic carbocycles. The van der Waals surface area contributed by atoms with Crippen molar-refractivity contribution >= 4 is 5.91 Å². The summed E-state index contributed by atoms with van der Waals surface area (Å²) >= 11 is 0. The van der Waals surface area contributed by atoms with Gasteiger partial charge in [0.05, 0.1) is 24.7 Å². The molecular weight excluding hydrogens is 346 g/mol. The highest BCUT2D eigenvalue weighted by atomic mass is 16.5. The van der Waals surface area contributed by atoms with E-state index in [9.17, 15) is 9.59 Å². The molecule has 3 heterocycles. The first-order valence-corrected chi connectivity index (χ1v) is 8.52. The molecule has 27 heavy (non-hydrogen) atoms. The molecule has 8 nitrogen and oxygen atoms in total. The number of hydrogen-bond acceptors (Lipinski definition) is 6. The topological polar surface area (TPSA) is 99.0 Å². The number of rotatable bonds is 7. The third-order valence-electron chi connectivity index (χ3n) is 3.73. The van der Waals surface area contributed by atoms with Gasteiger partial charge in [-0.25, -0.2) is 9.97 Å². The molecule has 3 aromatic heterocycles. The lowest BCUT2D eigenvalue weighted by Crippen LogP contribution is -2.30. The maximum atomic E-state index is 12.3. The Kier molecular flexibility index (Phi) is 5.88. The van der Waals surface area contributed by atoms with Crippen LogP contribution in [-0.4, -0.2) is 38.6 Å². The predicted octanol–water partition coefficient (Wildman–Crippen LogP) is 1.53. The molecule has 0 bridgehead atoms. The van der Waals surface area contributed by atoms with Crippen LogP contribution in [0.15, 0.2) is 59.9 Å². The first-order chi connectivity index (χ1) is 13.2. The van der Waals surface area contributed by atoms with Crippen LogP contribution in [0.1, 0.15) is 17.4 Å². The zero-order valence-corrected chi connectivity index (χ0v) is 14.8. The molecule has 0 aliphatic heterocycles. The number of amides is 1. The van der Waals surface area contributed by atoms with E-state index in [4.69, 9.17) is 4.74 Å². The molecule has 1 amide bonds. The van der Waals surface area contributed by atoms with Gasteiger partial charge in [0.15, 0.2) is 0 Å². The van der Waals surface area contributed by atoms with Gasteiger partial charge in [-0.15, -0.1) is 0 Å². The molecule has 0 saturated carbocycles. The Balaban J connectivity index is 1.65. The van der Waals surface area contributed by atoms with Gasteiger partial charge in [-0.3, -0.25) is 14.6 Å². The zero-order chi connectivity index (χ0) is 19.1. The van der Waals surface area contributed by atoms with Gasteiger partial charge in [-0.2, -0.15) is 0 Å². The minimum atomic E-state index is -0.354. The largest absolute Gasteiger partial charge is 0.478 e. The van der Waals surface area contributed by atoms with E-state index in [0.717, 1.165) is 5.56 Å². The van der Waals surface area contributed by atoms with E-state index in [0.29, 0.717) is 31.3 Å². The summed E-state index contributed by atoms with van der Waals surface area (Å²) in [6, 6.07) is 8.47. The molecule has 0 radical (unpaired) electrons. The van der Waals surface area contributed by atoms with Gasteiger partial charge in [0.1, 0.15) is 5.69 Å². The van der Waals surface area contributed by atoms with Crippen LogP contribution in [0.3, 0.4) is 0 Å². The number of nitrogens with one attached hydrogen (secondary N) is 1. The summed E-state index contributed by atoms with van der Waals surface area (Å²) in [4.78, 5) is 36.6. The number of carbonyl (C=O) groups excluding carboxylic acids is 1. The fourth-order valence-electron chi connectivity index (χ4n) is 2.41. The molecule has 0 spiro atoms. The first-order valence-electron chi connectivity index (χ1n) is 8.52. The van der Waals surface area contributed by atoms with Gasteiger partial charge >= 0.3 is 0 Å². The quantitative estimate of drug-likeness (QED) is 0.682. The second kappa shape index (κ2) is 8.70. The van der Waals surface area contributed by atoms with E-state index in [2.05, 4.69) is 20.3 Å². The van der Waals surface area contributed by atoms with Crippen LogP contribution < -0.4 is 15.6 Å². The van der Waals surface area contributed by atoms with Crippen molar-refractivity contribution in [1.29, 1.82) is 0 Å². The molecule has 0 aromatic carbocycles. The van der Waals surface area contributed by atoms with Gasteiger partial charge in [-0.05, 0) is 19.1 Å². The summed E-state index contributed by atoms with van der Waals surface area (Å²) in [6.45, 7) is 3.11. The van der Waals surface area contributed by atoms with Crippen LogP contribution in [0, 0.1) is 0 Å². The van der Waals surface area contributed by atoms with Crippen molar-refractivity contribution in [1.82, 2.24) is 24.8 Å². The van der Waals surface area contributed by atoms with Crippen molar-refractivity contribution < 1.29 is 9.53 Å². The second-order valence-corrected chi connectivity index (χ2v) is 5.60. The Labute approximate surface area is 155 Å². The predicted molar refractivity (Wildman–Crippen MR) is 99.5 cm³/mol. The molecule has 0 saturated heterocycles. The van der Waals surface area contributed by atoms with E-state index in [1.165, 1.54) is 16.8 Å². The Morgan fingerprint density at radius 3 is 2.81 bits per heavy atom. The summed E-state index contributed by atoms with van der Waals surface area (Å²) < 4.78 is 6.83. The highest BCUT2D eigenvalue weighted by Gasteiger charge is 2.10. The third kappa shape index (κ3) is 4.75. The standard InChI is InChI=1S/C19H19N5O3/c1-2-27-17-7-6-14(11-22-17)15-12-20-13-16(23-15)19(26)21-8-10-24-9-4-3-5-18(24)25/h3-7,9,11-13H,2,8,10H2,1H3,(H,21,26). The van der Waals surface area contributed by atoms with Crippen molar-refractivity contribution in [2.75, 3.05) is 13.2 Å². The van der Waals surface area contributed by atoms with Crippen LogP contribution in [0.25, 0.3) is 11.3 Å². The van der Waals surface area contributed by atoms with Crippen LogP contribution in [0.4, 0.5) is 0 Å². The molecule has 0 unspecified atom stereocenters. The molecule has 0 fully saturated rings.